The molecule has 1 unspecified atom stereocenters. The van der Waals surface area contributed by atoms with Gasteiger partial charge in [-0.15, -0.1) is 0 Å². The molecule has 1 heterocycles. The van der Waals surface area contributed by atoms with Crippen LogP contribution < -0.4 is 10.0 Å². The topological polar surface area (TPSA) is 83.2 Å². The van der Waals surface area contributed by atoms with Gasteiger partial charge in [-0.3, -0.25) is 0 Å². The van der Waals surface area contributed by atoms with Crippen molar-refractivity contribution in [1.82, 2.24) is 15.0 Å². The molecule has 3 N–H and O–H groups in total. The number of rotatable bonds is 9. The van der Waals surface area contributed by atoms with Gasteiger partial charge in [-0.1, -0.05) is 20.8 Å². The molecule has 0 bridgehead atoms. The van der Waals surface area contributed by atoms with E-state index >= 15 is 0 Å². The Morgan fingerprint density at radius 1 is 1.40 bits per heavy atom. The minimum absolute atomic E-state index is 0.157. The number of aromatic nitrogens is 1. The Morgan fingerprint density at radius 3 is 2.65 bits per heavy atom. The summed E-state index contributed by atoms with van der Waals surface area (Å²) in [5.74, 6) is 0.157. The summed E-state index contributed by atoms with van der Waals surface area (Å²) in [5, 5.41) is 3.14. The zero-order valence-electron chi connectivity index (χ0n) is 12.6. The molecule has 6 nitrogen and oxygen atoms in total. The van der Waals surface area contributed by atoms with Crippen LogP contribution in [0.15, 0.2) is 17.2 Å². The third-order valence-electron chi connectivity index (χ3n) is 3.05. The lowest BCUT2D eigenvalue weighted by Crippen LogP contribution is -2.41. The fourth-order valence-electron chi connectivity index (χ4n) is 1.75. The summed E-state index contributed by atoms with van der Waals surface area (Å²) in [6.07, 6.45) is 1.51. The summed E-state index contributed by atoms with van der Waals surface area (Å²) in [6, 6.07) is 1.41. The van der Waals surface area contributed by atoms with Crippen LogP contribution in [0.4, 0.5) is 0 Å². The number of aromatic amines is 1. The zero-order valence-corrected chi connectivity index (χ0v) is 13.4. The minimum atomic E-state index is -3.52. The molecule has 1 rings (SSSR count). The Hall–Kier alpha value is -0.890. The minimum Gasteiger partial charge on any atom is -0.383 e. The van der Waals surface area contributed by atoms with Crippen LogP contribution in [0.1, 0.15) is 26.5 Å². The molecule has 0 aliphatic rings. The van der Waals surface area contributed by atoms with E-state index in [-0.39, 0.29) is 16.9 Å². The zero-order chi connectivity index (χ0) is 15.2. The van der Waals surface area contributed by atoms with E-state index < -0.39 is 10.0 Å². The average Bonchev–Trinajstić information content (AvgIpc) is 2.85. The van der Waals surface area contributed by atoms with Crippen LogP contribution in [0, 0.1) is 5.92 Å². The first kappa shape index (κ1) is 17.2. The lowest BCUT2D eigenvalue weighted by molar-refractivity contribution is 0.157. The number of hydrogen-bond donors (Lipinski definition) is 3. The maximum absolute atomic E-state index is 12.3. The van der Waals surface area contributed by atoms with Crippen molar-refractivity contribution >= 4 is 10.0 Å². The second kappa shape index (κ2) is 7.78. The largest absolute Gasteiger partial charge is 0.383 e. The highest BCUT2D eigenvalue weighted by Gasteiger charge is 2.23. The number of nitrogens with one attached hydrogen (secondary N) is 3. The molecule has 1 atom stereocenters. The summed E-state index contributed by atoms with van der Waals surface area (Å²) in [7, 11) is -1.96. The van der Waals surface area contributed by atoms with Gasteiger partial charge in [-0.05, 0) is 18.5 Å². The summed E-state index contributed by atoms with van der Waals surface area (Å²) < 4.78 is 32.4. The molecule has 0 saturated carbocycles. The van der Waals surface area contributed by atoms with Crippen molar-refractivity contribution in [2.24, 2.45) is 5.92 Å². The van der Waals surface area contributed by atoms with E-state index in [0.717, 1.165) is 12.2 Å². The van der Waals surface area contributed by atoms with Crippen molar-refractivity contribution in [3.63, 3.8) is 0 Å². The van der Waals surface area contributed by atoms with Crippen molar-refractivity contribution in [2.45, 2.75) is 38.3 Å². The molecular weight excluding hydrogens is 278 g/mol. The van der Waals surface area contributed by atoms with Crippen LogP contribution in [0.2, 0.25) is 0 Å². The number of methoxy groups -OCH3 is 1. The summed E-state index contributed by atoms with van der Waals surface area (Å²) in [5.41, 5.74) is 0.847. The van der Waals surface area contributed by atoms with Crippen molar-refractivity contribution in [3.8, 4) is 0 Å². The monoisotopic (exact) mass is 303 g/mol. The number of H-pyrrole nitrogens is 1. The van der Waals surface area contributed by atoms with Crippen molar-refractivity contribution in [2.75, 3.05) is 20.3 Å². The van der Waals surface area contributed by atoms with Gasteiger partial charge in [0.15, 0.2) is 0 Å². The van der Waals surface area contributed by atoms with Gasteiger partial charge in [-0.2, -0.15) is 0 Å². The lowest BCUT2D eigenvalue weighted by Gasteiger charge is -2.20. The second-order valence-corrected chi connectivity index (χ2v) is 6.78. The van der Waals surface area contributed by atoms with Crippen LogP contribution in [0.3, 0.4) is 0 Å². The fourth-order valence-corrected chi connectivity index (χ4v) is 3.13. The van der Waals surface area contributed by atoms with E-state index in [2.05, 4.69) is 15.0 Å². The van der Waals surface area contributed by atoms with E-state index in [0.29, 0.717) is 13.2 Å². The Balaban J connectivity index is 2.79. The number of sulfonamides is 1. The van der Waals surface area contributed by atoms with Gasteiger partial charge >= 0.3 is 0 Å². The van der Waals surface area contributed by atoms with Gasteiger partial charge in [0.05, 0.1) is 11.5 Å². The molecule has 0 spiro atoms. The van der Waals surface area contributed by atoms with E-state index in [1.807, 2.05) is 20.8 Å². The van der Waals surface area contributed by atoms with Crippen LogP contribution in [-0.4, -0.2) is 39.7 Å². The van der Waals surface area contributed by atoms with E-state index in [4.69, 9.17) is 4.74 Å². The van der Waals surface area contributed by atoms with Crippen LogP contribution in [0.25, 0.3) is 0 Å². The van der Waals surface area contributed by atoms with Crippen LogP contribution in [0.5, 0.6) is 0 Å². The van der Waals surface area contributed by atoms with Gasteiger partial charge in [0.2, 0.25) is 10.0 Å². The van der Waals surface area contributed by atoms with Crippen LogP contribution >= 0.6 is 0 Å². The molecule has 7 heteroatoms. The normalized spacial score (nSPS) is 13.8. The van der Waals surface area contributed by atoms with E-state index in [9.17, 15) is 8.42 Å². The van der Waals surface area contributed by atoms with E-state index in [1.165, 1.54) is 6.20 Å². The van der Waals surface area contributed by atoms with Gasteiger partial charge in [0.25, 0.3) is 0 Å². The quantitative estimate of drug-likeness (QED) is 0.637. The first-order chi connectivity index (χ1) is 9.40. The lowest BCUT2D eigenvalue weighted by atomic mass is 10.1. The first-order valence-corrected chi connectivity index (χ1v) is 8.28. The molecule has 1 aromatic rings. The van der Waals surface area contributed by atoms with Crippen molar-refractivity contribution in [1.29, 1.82) is 0 Å². The predicted octanol–water partition coefficient (Wildman–Crippen LogP) is 1.07. The predicted molar refractivity (Wildman–Crippen MR) is 79.0 cm³/mol. The molecule has 20 heavy (non-hydrogen) atoms. The first-order valence-electron chi connectivity index (χ1n) is 6.80. The Bertz CT molecular complexity index is 497. The van der Waals surface area contributed by atoms with Gasteiger partial charge in [0, 0.05) is 31.6 Å². The molecular formula is C13H25N3O3S. The molecule has 1 aromatic heterocycles. The summed E-state index contributed by atoms with van der Waals surface area (Å²) in [6.45, 7) is 7.73. The van der Waals surface area contributed by atoms with Crippen molar-refractivity contribution in [3.05, 3.63) is 18.0 Å². The SMILES string of the molecule is CCNCc1cc(S(=O)(=O)NC(COC)C(C)C)c[nH]1. The third kappa shape index (κ3) is 4.90. The molecule has 0 aromatic carbocycles. The van der Waals surface area contributed by atoms with E-state index in [1.54, 1.807) is 13.2 Å². The molecule has 0 aliphatic carbocycles. The number of hydrogen-bond acceptors (Lipinski definition) is 4. The van der Waals surface area contributed by atoms with Gasteiger partial charge in [0.1, 0.15) is 0 Å². The average molecular weight is 303 g/mol. The molecule has 0 aliphatic heterocycles. The van der Waals surface area contributed by atoms with Crippen molar-refractivity contribution < 1.29 is 13.2 Å². The Kier molecular flexibility index (Phi) is 6.67. The molecule has 0 fully saturated rings. The Morgan fingerprint density at radius 2 is 2.10 bits per heavy atom. The summed E-state index contributed by atoms with van der Waals surface area (Å²) >= 11 is 0. The molecule has 0 radical (unpaired) electrons. The standard InChI is InChI=1S/C13H25N3O3S/c1-5-14-7-11-6-12(8-15-11)20(17,18)16-13(9-19-4)10(2)3/h6,8,10,13-16H,5,7,9H2,1-4H3. The third-order valence-corrected chi connectivity index (χ3v) is 4.52. The fraction of sp³-hybridized carbons (Fsp3) is 0.692. The van der Waals surface area contributed by atoms with Gasteiger partial charge < -0.3 is 15.0 Å². The maximum atomic E-state index is 12.3. The molecule has 0 amide bonds. The van der Waals surface area contributed by atoms with Crippen LogP contribution in [-0.2, 0) is 21.3 Å². The highest BCUT2D eigenvalue weighted by molar-refractivity contribution is 7.89. The second-order valence-electron chi connectivity index (χ2n) is 5.07. The molecule has 0 saturated heterocycles. The Labute approximate surface area is 121 Å². The summed E-state index contributed by atoms with van der Waals surface area (Å²) in [4.78, 5) is 3.22. The highest BCUT2D eigenvalue weighted by atomic mass is 32.2. The maximum Gasteiger partial charge on any atom is 0.242 e. The highest BCUT2D eigenvalue weighted by Crippen LogP contribution is 2.13. The van der Waals surface area contributed by atoms with Gasteiger partial charge in [-0.25, -0.2) is 13.1 Å². The smallest absolute Gasteiger partial charge is 0.242 e. The number of ether oxygens (including phenoxy) is 1. The molecule has 116 valence electrons.